The summed E-state index contributed by atoms with van der Waals surface area (Å²) >= 11 is 0. The number of rotatable bonds is 8. The lowest BCUT2D eigenvalue weighted by atomic mass is 9.88. The van der Waals surface area contributed by atoms with E-state index in [2.05, 4.69) is 19.1 Å². The van der Waals surface area contributed by atoms with Crippen LogP contribution in [0.25, 0.3) is 17.2 Å². The van der Waals surface area contributed by atoms with E-state index in [0.29, 0.717) is 0 Å². The molecule has 188 valence electrons. The van der Waals surface area contributed by atoms with Gasteiger partial charge in [0.25, 0.3) is 0 Å². The van der Waals surface area contributed by atoms with Crippen LogP contribution in [0.15, 0.2) is 84.9 Å². The zero-order valence-corrected chi connectivity index (χ0v) is 21.7. The summed E-state index contributed by atoms with van der Waals surface area (Å²) in [5, 5.41) is 0. The van der Waals surface area contributed by atoms with Crippen molar-refractivity contribution >= 4 is 31.0 Å². The minimum atomic E-state index is -4.64. The fraction of sp³-hybridized carbons (Fsp3) is 0.207. The van der Waals surface area contributed by atoms with E-state index in [-0.39, 0.29) is 5.75 Å². The summed E-state index contributed by atoms with van der Waals surface area (Å²) in [7, 11) is -4.64. The highest BCUT2D eigenvalue weighted by atomic mass is 31.2. The molecule has 0 atom stereocenters. The number of carbonyl (C=O) groups is 1. The van der Waals surface area contributed by atoms with Gasteiger partial charge in [-0.15, -0.1) is 0 Å². The van der Waals surface area contributed by atoms with Gasteiger partial charge in [-0.25, -0.2) is 9.36 Å². The van der Waals surface area contributed by atoms with Crippen LogP contribution in [-0.4, -0.2) is 21.4 Å². The van der Waals surface area contributed by atoms with Gasteiger partial charge in [0, 0.05) is 6.08 Å². The van der Waals surface area contributed by atoms with Gasteiger partial charge < -0.3 is 9.26 Å². The van der Waals surface area contributed by atoms with E-state index in [1.807, 2.05) is 63.2 Å². The van der Waals surface area contributed by atoms with Crippen LogP contribution in [0.5, 0.6) is 5.75 Å². The second-order valence-corrected chi connectivity index (χ2v) is 10.3. The van der Waals surface area contributed by atoms with E-state index >= 15 is 0 Å². The molecule has 7 heteroatoms. The number of esters is 1. The van der Waals surface area contributed by atoms with Crippen LogP contribution in [0, 0.1) is 0 Å². The Hall–Kier alpha value is -3.44. The summed E-state index contributed by atoms with van der Waals surface area (Å²) < 4.78 is 21.2. The largest absolute Gasteiger partial charge is 0.524 e. The molecule has 0 bridgehead atoms. The molecule has 0 fully saturated rings. The van der Waals surface area contributed by atoms with Crippen molar-refractivity contribution in [2.24, 2.45) is 0 Å². The Labute approximate surface area is 212 Å². The molecule has 0 unspecified atom stereocenters. The van der Waals surface area contributed by atoms with Crippen LogP contribution < -0.4 is 4.52 Å². The fourth-order valence-electron chi connectivity index (χ4n) is 3.76. The summed E-state index contributed by atoms with van der Waals surface area (Å²) in [5.41, 5.74) is 5.35. The van der Waals surface area contributed by atoms with Gasteiger partial charge in [0.2, 0.25) is 0 Å². The van der Waals surface area contributed by atoms with Gasteiger partial charge in [0.1, 0.15) is 11.4 Å². The number of phosphoric acid groups is 1. The lowest BCUT2D eigenvalue weighted by molar-refractivity contribution is -0.148. The SMILES string of the molecule is CCC(=C(c1ccc(C=CC(=O)OC(C)(C)C)cc1)c1ccc(OP(=O)(O)O)cc1)c1ccccc1. The second-order valence-electron chi connectivity index (χ2n) is 9.17. The van der Waals surface area contributed by atoms with Crippen LogP contribution in [0.4, 0.5) is 0 Å². The molecule has 2 N–H and O–H groups in total. The highest BCUT2D eigenvalue weighted by Gasteiger charge is 2.17. The topological polar surface area (TPSA) is 93.1 Å². The first-order valence-corrected chi connectivity index (χ1v) is 13.1. The maximum absolute atomic E-state index is 12.0. The summed E-state index contributed by atoms with van der Waals surface area (Å²) in [6, 6.07) is 24.6. The average Bonchev–Trinajstić information content (AvgIpc) is 2.81. The predicted octanol–water partition coefficient (Wildman–Crippen LogP) is 6.88. The van der Waals surface area contributed by atoms with Gasteiger partial charge in [-0.05, 0) is 78.8 Å². The number of benzene rings is 3. The van der Waals surface area contributed by atoms with Crippen LogP contribution in [0.1, 0.15) is 56.4 Å². The first-order valence-electron chi connectivity index (χ1n) is 11.6. The zero-order chi connectivity index (χ0) is 26.3. The number of ether oxygens (including phenoxy) is 1. The quantitative estimate of drug-likeness (QED) is 0.150. The number of carbonyl (C=O) groups excluding carboxylic acids is 1. The molecule has 0 aliphatic rings. The van der Waals surface area contributed by atoms with E-state index in [0.717, 1.165) is 39.8 Å². The van der Waals surface area contributed by atoms with Gasteiger partial charge in [-0.1, -0.05) is 73.7 Å². The van der Waals surface area contributed by atoms with Crippen LogP contribution in [0.2, 0.25) is 0 Å². The summed E-state index contributed by atoms with van der Waals surface area (Å²) in [5.74, 6) is -0.311. The standard InChI is InChI=1S/C29H31O6P/c1-5-26(22-9-7-6-8-10-22)28(24-16-18-25(19-17-24)35-36(31,32)33)23-14-11-21(12-15-23)13-20-27(30)34-29(2,3)4/h6-20H,5H2,1-4H3,(H2,31,32,33). The predicted molar refractivity (Wildman–Crippen MR) is 143 cm³/mol. The molecular formula is C29H31O6P. The lowest BCUT2D eigenvalue weighted by Crippen LogP contribution is -2.22. The molecule has 0 spiro atoms. The fourth-order valence-corrected chi connectivity index (χ4v) is 4.16. The molecule has 0 aliphatic heterocycles. The van der Waals surface area contributed by atoms with Gasteiger partial charge in [0.05, 0.1) is 0 Å². The normalized spacial score (nSPS) is 12.8. The maximum atomic E-state index is 12.0. The third-order valence-corrected chi connectivity index (χ3v) is 5.61. The van der Waals surface area contributed by atoms with E-state index in [9.17, 15) is 9.36 Å². The molecule has 0 aliphatic carbocycles. The molecule has 0 saturated carbocycles. The number of allylic oxidation sites excluding steroid dienone is 1. The van der Waals surface area contributed by atoms with Crippen molar-refractivity contribution in [3.63, 3.8) is 0 Å². The first kappa shape index (κ1) is 27.2. The Kier molecular flexibility index (Phi) is 8.70. The van der Waals surface area contributed by atoms with Crippen molar-refractivity contribution in [3.05, 3.63) is 107 Å². The van der Waals surface area contributed by atoms with Gasteiger partial charge >= 0.3 is 13.8 Å². The molecular weight excluding hydrogens is 475 g/mol. The molecule has 0 saturated heterocycles. The molecule has 3 rings (SSSR count). The van der Waals surface area contributed by atoms with E-state index in [4.69, 9.17) is 19.0 Å². The Morgan fingerprint density at radius 3 is 1.92 bits per heavy atom. The molecule has 0 radical (unpaired) electrons. The van der Waals surface area contributed by atoms with E-state index in [1.54, 1.807) is 30.3 Å². The molecule has 36 heavy (non-hydrogen) atoms. The highest BCUT2D eigenvalue weighted by Crippen LogP contribution is 2.39. The second kappa shape index (κ2) is 11.5. The van der Waals surface area contributed by atoms with E-state index < -0.39 is 19.4 Å². The first-order chi connectivity index (χ1) is 16.9. The Balaban J connectivity index is 2.01. The molecule has 0 aromatic heterocycles. The van der Waals surface area contributed by atoms with Gasteiger partial charge in [-0.2, -0.15) is 0 Å². The van der Waals surface area contributed by atoms with Crippen molar-refractivity contribution < 1.29 is 28.4 Å². The Bertz CT molecular complexity index is 1280. The van der Waals surface area contributed by atoms with Crippen molar-refractivity contribution in [2.45, 2.75) is 39.7 Å². The van der Waals surface area contributed by atoms with Crippen molar-refractivity contribution in [1.82, 2.24) is 0 Å². The van der Waals surface area contributed by atoms with E-state index in [1.165, 1.54) is 6.08 Å². The monoisotopic (exact) mass is 506 g/mol. The number of hydrogen-bond donors (Lipinski definition) is 2. The minimum Gasteiger partial charge on any atom is -0.457 e. The minimum absolute atomic E-state index is 0.0896. The summed E-state index contributed by atoms with van der Waals surface area (Å²) in [6.45, 7) is 7.56. The van der Waals surface area contributed by atoms with Crippen LogP contribution in [0.3, 0.4) is 0 Å². The van der Waals surface area contributed by atoms with Crippen LogP contribution >= 0.6 is 7.82 Å². The van der Waals surface area contributed by atoms with Gasteiger partial charge in [-0.3, -0.25) is 9.79 Å². The zero-order valence-electron chi connectivity index (χ0n) is 20.8. The Morgan fingerprint density at radius 1 is 0.861 bits per heavy atom. The Morgan fingerprint density at radius 2 is 1.42 bits per heavy atom. The van der Waals surface area contributed by atoms with Crippen molar-refractivity contribution in [2.75, 3.05) is 0 Å². The summed E-state index contributed by atoms with van der Waals surface area (Å²) in [4.78, 5) is 30.2. The molecule has 0 heterocycles. The molecule has 3 aromatic rings. The van der Waals surface area contributed by atoms with Crippen molar-refractivity contribution in [1.29, 1.82) is 0 Å². The molecule has 3 aromatic carbocycles. The van der Waals surface area contributed by atoms with Crippen molar-refractivity contribution in [3.8, 4) is 5.75 Å². The maximum Gasteiger partial charge on any atom is 0.524 e. The summed E-state index contributed by atoms with van der Waals surface area (Å²) in [6.07, 6.45) is 3.89. The lowest BCUT2D eigenvalue weighted by Gasteiger charge is -2.18. The molecule has 6 nitrogen and oxygen atoms in total. The molecule has 0 amide bonds. The highest BCUT2D eigenvalue weighted by molar-refractivity contribution is 7.46. The third kappa shape index (κ3) is 8.06. The van der Waals surface area contributed by atoms with Crippen LogP contribution in [-0.2, 0) is 14.1 Å². The smallest absolute Gasteiger partial charge is 0.457 e. The average molecular weight is 507 g/mol. The number of phosphoric ester groups is 1. The third-order valence-electron chi connectivity index (χ3n) is 5.16. The van der Waals surface area contributed by atoms with Gasteiger partial charge in [0.15, 0.2) is 0 Å². The number of hydrogen-bond acceptors (Lipinski definition) is 4.